The first-order chi connectivity index (χ1) is 14.6. The molecule has 0 saturated heterocycles. The van der Waals surface area contributed by atoms with E-state index >= 15 is 0 Å². The van der Waals surface area contributed by atoms with E-state index in [1.54, 1.807) is 30.3 Å². The lowest BCUT2D eigenvalue weighted by Gasteiger charge is -1.97. The van der Waals surface area contributed by atoms with Crippen molar-refractivity contribution in [3.8, 4) is 11.3 Å². The lowest BCUT2D eigenvalue weighted by molar-refractivity contribution is -0.384. The van der Waals surface area contributed by atoms with Crippen LogP contribution in [0, 0.1) is 10.1 Å². The smallest absolute Gasteiger partial charge is 0.269 e. The minimum absolute atomic E-state index is 0.0265. The number of furan rings is 1. The molecule has 6 heteroatoms. The number of hydrogen-bond acceptors (Lipinski definition) is 5. The van der Waals surface area contributed by atoms with Gasteiger partial charge in [0.1, 0.15) is 11.5 Å². The molecule has 30 heavy (non-hydrogen) atoms. The Kier molecular flexibility index (Phi) is 5.68. The zero-order valence-corrected chi connectivity index (χ0v) is 16.7. The van der Waals surface area contributed by atoms with E-state index in [4.69, 9.17) is 4.42 Å². The molecule has 0 aliphatic carbocycles. The average molecular weight is 415 g/mol. The quantitative estimate of drug-likeness (QED) is 0.151. The van der Waals surface area contributed by atoms with E-state index < -0.39 is 4.92 Å². The van der Waals surface area contributed by atoms with E-state index in [9.17, 15) is 14.9 Å². The van der Waals surface area contributed by atoms with Crippen LogP contribution in [0.4, 0.5) is 5.69 Å². The maximum Gasteiger partial charge on any atom is 0.269 e. The van der Waals surface area contributed by atoms with Gasteiger partial charge in [-0.15, -0.1) is 11.3 Å². The number of hydrogen-bond donors (Lipinski definition) is 0. The molecule has 2 aromatic heterocycles. The van der Waals surface area contributed by atoms with Gasteiger partial charge in [-0.25, -0.2) is 0 Å². The molecule has 0 saturated carbocycles. The zero-order chi connectivity index (χ0) is 20.9. The van der Waals surface area contributed by atoms with Crippen LogP contribution in [0.2, 0.25) is 0 Å². The largest absolute Gasteiger partial charge is 0.457 e. The zero-order valence-electron chi connectivity index (χ0n) is 15.9. The number of ketones is 1. The van der Waals surface area contributed by atoms with E-state index in [0.29, 0.717) is 16.4 Å². The minimum atomic E-state index is -0.443. The molecular formula is C24H17NO4S. The summed E-state index contributed by atoms with van der Waals surface area (Å²) in [6, 6.07) is 23.6. The van der Waals surface area contributed by atoms with Gasteiger partial charge in [0.05, 0.1) is 9.80 Å². The molecule has 0 N–H and O–H groups in total. The Morgan fingerprint density at radius 2 is 1.73 bits per heavy atom. The Morgan fingerprint density at radius 1 is 0.967 bits per heavy atom. The summed E-state index contributed by atoms with van der Waals surface area (Å²) in [6.45, 7) is 0. The van der Waals surface area contributed by atoms with Gasteiger partial charge < -0.3 is 4.42 Å². The van der Waals surface area contributed by atoms with Gasteiger partial charge in [-0.05, 0) is 54.1 Å². The lowest BCUT2D eigenvalue weighted by atomic mass is 10.1. The van der Waals surface area contributed by atoms with Crippen LogP contribution in [0.1, 0.15) is 25.9 Å². The Balaban J connectivity index is 1.42. The van der Waals surface area contributed by atoms with Crippen molar-refractivity contribution >= 4 is 28.9 Å². The van der Waals surface area contributed by atoms with Crippen LogP contribution in [0.3, 0.4) is 0 Å². The van der Waals surface area contributed by atoms with Crippen molar-refractivity contribution in [1.82, 2.24) is 0 Å². The van der Waals surface area contributed by atoms with Gasteiger partial charge >= 0.3 is 0 Å². The molecule has 148 valence electrons. The third kappa shape index (κ3) is 4.61. The molecule has 0 radical (unpaired) electrons. The highest BCUT2D eigenvalue weighted by molar-refractivity contribution is 7.14. The SMILES string of the molecule is O=C(/C=C/c1ccc(-c2ccc([N+](=O)[O-])cc2)o1)c1ccc(Cc2ccccc2)s1. The highest BCUT2D eigenvalue weighted by Crippen LogP contribution is 2.25. The van der Waals surface area contributed by atoms with E-state index in [2.05, 4.69) is 12.1 Å². The number of nitro benzene ring substituents is 1. The summed E-state index contributed by atoms with van der Waals surface area (Å²) >= 11 is 1.49. The number of rotatable bonds is 7. The summed E-state index contributed by atoms with van der Waals surface area (Å²) in [5.41, 5.74) is 1.97. The number of carbonyl (C=O) groups excluding carboxylic acids is 1. The van der Waals surface area contributed by atoms with Gasteiger partial charge in [0, 0.05) is 29.0 Å². The van der Waals surface area contributed by atoms with Crippen molar-refractivity contribution in [3.63, 3.8) is 0 Å². The first kappa shape index (κ1) is 19.5. The number of non-ortho nitro benzene ring substituents is 1. The summed E-state index contributed by atoms with van der Waals surface area (Å²) in [5.74, 6) is 1.05. The van der Waals surface area contributed by atoms with Gasteiger partial charge in [-0.1, -0.05) is 30.3 Å². The predicted molar refractivity (Wildman–Crippen MR) is 118 cm³/mol. The molecule has 5 nitrogen and oxygen atoms in total. The number of nitro groups is 1. The second-order valence-electron chi connectivity index (χ2n) is 6.63. The summed E-state index contributed by atoms with van der Waals surface area (Å²) < 4.78 is 5.74. The normalized spacial score (nSPS) is 11.1. The summed E-state index contributed by atoms with van der Waals surface area (Å²) in [6.07, 6.45) is 3.93. The molecule has 0 atom stereocenters. The molecule has 0 aliphatic rings. The fourth-order valence-corrected chi connectivity index (χ4v) is 3.95. The molecular weight excluding hydrogens is 398 g/mol. The molecule has 0 amide bonds. The molecule has 0 aliphatic heterocycles. The third-order valence-corrected chi connectivity index (χ3v) is 5.61. The fraction of sp³-hybridized carbons (Fsp3) is 0.0417. The van der Waals surface area contributed by atoms with E-state index in [-0.39, 0.29) is 11.5 Å². The third-order valence-electron chi connectivity index (χ3n) is 4.51. The van der Waals surface area contributed by atoms with Gasteiger partial charge in [-0.3, -0.25) is 14.9 Å². The van der Waals surface area contributed by atoms with Crippen LogP contribution in [0.15, 0.2) is 89.4 Å². The Bertz CT molecular complexity index is 1200. The Hall–Kier alpha value is -3.77. The predicted octanol–water partition coefficient (Wildman–Crippen LogP) is 6.40. The molecule has 2 aromatic carbocycles. The first-order valence-corrected chi connectivity index (χ1v) is 10.1. The number of nitrogens with zero attached hydrogens (tertiary/aromatic N) is 1. The maximum atomic E-state index is 12.5. The molecule has 0 fully saturated rings. The Labute approximate surface area is 177 Å². The van der Waals surface area contributed by atoms with Crippen LogP contribution < -0.4 is 0 Å². The van der Waals surface area contributed by atoms with Crippen LogP contribution in [0.25, 0.3) is 17.4 Å². The molecule has 2 heterocycles. The molecule has 0 bridgehead atoms. The van der Waals surface area contributed by atoms with Crippen molar-refractivity contribution < 1.29 is 14.1 Å². The Morgan fingerprint density at radius 3 is 2.47 bits per heavy atom. The van der Waals surface area contributed by atoms with Crippen molar-refractivity contribution in [2.24, 2.45) is 0 Å². The first-order valence-electron chi connectivity index (χ1n) is 9.28. The second-order valence-corrected chi connectivity index (χ2v) is 7.80. The molecule has 0 unspecified atom stereocenters. The monoisotopic (exact) mass is 415 g/mol. The van der Waals surface area contributed by atoms with Crippen molar-refractivity contribution in [1.29, 1.82) is 0 Å². The number of thiophene rings is 1. The van der Waals surface area contributed by atoms with Crippen molar-refractivity contribution in [3.05, 3.63) is 116 Å². The highest BCUT2D eigenvalue weighted by Gasteiger charge is 2.09. The topological polar surface area (TPSA) is 73.3 Å². The molecule has 4 aromatic rings. The minimum Gasteiger partial charge on any atom is -0.457 e. The van der Waals surface area contributed by atoms with E-state index in [1.165, 1.54) is 35.1 Å². The number of allylic oxidation sites excluding steroid dienone is 1. The maximum absolute atomic E-state index is 12.5. The summed E-state index contributed by atoms with van der Waals surface area (Å²) in [7, 11) is 0. The van der Waals surface area contributed by atoms with Crippen LogP contribution in [-0.4, -0.2) is 10.7 Å². The lowest BCUT2D eigenvalue weighted by Crippen LogP contribution is -1.88. The van der Waals surface area contributed by atoms with Crippen LogP contribution in [0.5, 0.6) is 0 Å². The second kappa shape index (κ2) is 8.71. The van der Waals surface area contributed by atoms with Crippen molar-refractivity contribution in [2.45, 2.75) is 6.42 Å². The summed E-state index contributed by atoms with van der Waals surface area (Å²) in [4.78, 5) is 24.6. The van der Waals surface area contributed by atoms with Gasteiger partial charge in [0.15, 0.2) is 5.78 Å². The number of carbonyl (C=O) groups is 1. The van der Waals surface area contributed by atoms with Gasteiger partial charge in [0.2, 0.25) is 0 Å². The summed E-state index contributed by atoms with van der Waals surface area (Å²) in [5, 5.41) is 10.8. The van der Waals surface area contributed by atoms with Gasteiger partial charge in [0.25, 0.3) is 5.69 Å². The van der Waals surface area contributed by atoms with E-state index in [1.807, 2.05) is 30.3 Å². The standard InChI is InChI=1S/C24H17NO4S/c26-22(24-15-12-21(30-24)16-17-4-2-1-3-5-17)13-10-20-11-14-23(29-20)18-6-8-19(9-7-18)25(27)28/h1-15H,16H2/b13-10+. The van der Waals surface area contributed by atoms with Crippen molar-refractivity contribution in [2.75, 3.05) is 0 Å². The highest BCUT2D eigenvalue weighted by atomic mass is 32.1. The van der Waals surface area contributed by atoms with Crippen LogP contribution in [-0.2, 0) is 6.42 Å². The van der Waals surface area contributed by atoms with Gasteiger partial charge in [-0.2, -0.15) is 0 Å². The number of benzene rings is 2. The molecule has 0 spiro atoms. The average Bonchev–Trinajstić information content (AvgIpc) is 3.43. The molecule has 4 rings (SSSR count). The fourth-order valence-electron chi connectivity index (χ4n) is 2.99. The van der Waals surface area contributed by atoms with Crippen LogP contribution >= 0.6 is 11.3 Å². The van der Waals surface area contributed by atoms with E-state index in [0.717, 1.165) is 16.9 Å².